The van der Waals surface area contributed by atoms with Crippen LogP contribution in [0.25, 0.3) is 11.0 Å². The molecule has 3 rings (SSSR count). The molecule has 5 nitrogen and oxygen atoms in total. The Balaban J connectivity index is 1.46. The Hall–Kier alpha value is -2.82. The van der Waals surface area contributed by atoms with Crippen LogP contribution >= 0.6 is 0 Å². The van der Waals surface area contributed by atoms with E-state index in [2.05, 4.69) is 33.2 Å². The molecule has 0 bridgehead atoms. The van der Waals surface area contributed by atoms with Crippen LogP contribution in [0.2, 0.25) is 0 Å². The van der Waals surface area contributed by atoms with Crippen molar-refractivity contribution in [2.45, 2.75) is 26.8 Å². The average Bonchev–Trinajstić information content (AvgIpc) is 2.98. The first-order valence-corrected chi connectivity index (χ1v) is 8.15. The predicted octanol–water partition coefficient (Wildman–Crippen LogP) is 3.86. The maximum Gasteiger partial charge on any atom is 0.319 e. The number of hydrogen-bond acceptors (Lipinski definition) is 2. The van der Waals surface area contributed by atoms with Crippen LogP contribution in [-0.4, -0.2) is 22.1 Å². The molecule has 3 aromatic rings. The first kappa shape index (κ1) is 16.1. The van der Waals surface area contributed by atoms with Crippen molar-refractivity contribution in [1.29, 1.82) is 0 Å². The van der Waals surface area contributed by atoms with Gasteiger partial charge in [-0.2, -0.15) is 0 Å². The lowest BCUT2D eigenvalue weighted by Crippen LogP contribution is -2.30. The molecule has 1 aromatic carbocycles. The van der Waals surface area contributed by atoms with Crippen LogP contribution in [-0.2, 0) is 6.54 Å². The summed E-state index contributed by atoms with van der Waals surface area (Å²) < 4.78 is 2.11. The lowest BCUT2D eigenvalue weighted by molar-refractivity contribution is 0.252. The zero-order valence-corrected chi connectivity index (χ0v) is 14.0. The first-order valence-electron chi connectivity index (χ1n) is 8.15. The molecule has 24 heavy (non-hydrogen) atoms. The standard InChI is InChI=1S/C19H22N4O/c1-14-6-7-17(13-15(14)2)22-19(24)21-10-4-11-23-12-8-16-5-3-9-20-18(16)23/h3,5-9,12-13H,4,10-11H2,1-2H3,(H2,21,22,24). The van der Waals surface area contributed by atoms with Crippen molar-refractivity contribution in [3.63, 3.8) is 0 Å². The lowest BCUT2D eigenvalue weighted by Gasteiger charge is -2.10. The number of pyridine rings is 1. The number of fused-ring (bicyclic) bond motifs is 1. The van der Waals surface area contributed by atoms with Crippen molar-refractivity contribution in [3.05, 3.63) is 59.9 Å². The van der Waals surface area contributed by atoms with E-state index in [-0.39, 0.29) is 6.03 Å². The molecule has 0 aliphatic carbocycles. The van der Waals surface area contributed by atoms with E-state index in [1.807, 2.05) is 43.5 Å². The van der Waals surface area contributed by atoms with Crippen LogP contribution in [0.4, 0.5) is 10.5 Å². The topological polar surface area (TPSA) is 59.0 Å². The van der Waals surface area contributed by atoms with Crippen molar-refractivity contribution in [1.82, 2.24) is 14.9 Å². The van der Waals surface area contributed by atoms with E-state index in [1.54, 1.807) is 6.20 Å². The molecular weight excluding hydrogens is 300 g/mol. The van der Waals surface area contributed by atoms with Gasteiger partial charge in [-0.3, -0.25) is 0 Å². The molecule has 0 aliphatic rings. The van der Waals surface area contributed by atoms with Gasteiger partial charge in [-0.1, -0.05) is 6.07 Å². The van der Waals surface area contributed by atoms with E-state index in [4.69, 9.17) is 0 Å². The van der Waals surface area contributed by atoms with Gasteiger partial charge in [-0.25, -0.2) is 9.78 Å². The third kappa shape index (κ3) is 3.74. The Morgan fingerprint density at radius 2 is 2.04 bits per heavy atom. The third-order valence-corrected chi connectivity index (χ3v) is 4.15. The normalized spacial score (nSPS) is 10.8. The number of hydrogen-bond donors (Lipinski definition) is 2. The number of aryl methyl sites for hydroxylation is 3. The van der Waals surface area contributed by atoms with Gasteiger partial charge in [-0.15, -0.1) is 0 Å². The van der Waals surface area contributed by atoms with E-state index in [1.165, 1.54) is 11.1 Å². The molecule has 0 spiro atoms. The molecule has 0 radical (unpaired) electrons. The summed E-state index contributed by atoms with van der Waals surface area (Å²) in [5.74, 6) is 0. The quantitative estimate of drug-likeness (QED) is 0.701. The maximum atomic E-state index is 11.9. The zero-order chi connectivity index (χ0) is 16.9. The minimum absolute atomic E-state index is 0.172. The molecule has 0 saturated heterocycles. The van der Waals surface area contributed by atoms with E-state index in [0.717, 1.165) is 29.7 Å². The van der Waals surface area contributed by atoms with Gasteiger partial charge in [0.2, 0.25) is 0 Å². The van der Waals surface area contributed by atoms with E-state index >= 15 is 0 Å². The third-order valence-electron chi connectivity index (χ3n) is 4.15. The summed E-state index contributed by atoms with van der Waals surface area (Å²) in [6, 6.07) is 11.8. The second-order valence-electron chi connectivity index (χ2n) is 5.96. The Labute approximate surface area is 141 Å². The number of carbonyl (C=O) groups is 1. The predicted molar refractivity (Wildman–Crippen MR) is 97.3 cm³/mol. The summed E-state index contributed by atoms with van der Waals surface area (Å²) in [7, 11) is 0. The number of urea groups is 1. The van der Waals surface area contributed by atoms with Crippen molar-refractivity contribution in [2.75, 3.05) is 11.9 Å². The van der Waals surface area contributed by atoms with Crippen LogP contribution in [0.3, 0.4) is 0 Å². The maximum absolute atomic E-state index is 11.9. The molecule has 0 aliphatic heterocycles. The highest BCUT2D eigenvalue weighted by Crippen LogP contribution is 2.14. The number of anilines is 1. The highest BCUT2D eigenvalue weighted by Gasteiger charge is 2.04. The summed E-state index contributed by atoms with van der Waals surface area (Å²) in [5, 5.41) is 6.89. The second kappa shape index (κ2) is 7.17. The SMILES string of the molecule is Cc1ccc(NC(=O)NCCCn2ccc3cccnc32)cc1C. The number of nitrogens with one attached hydrogen (secondary N) is 2. The number of benzene rings is 1. The van der Waals surface area contributed by atoms with E-state index in [0.29, 0.717) is 6.54 Å². The minimum atomic E-state index is -0.172. The fraction of sp³-hybridized carbons (Fsp3) is 0.263. The average molecular weight is 322 g/mol. The largest absolute Gasteiger partial charge is 0.338 e. The number of nitrogens with zero attached hydrogens (tertiary/aromatic N) is 2. The van der Waals surface area contributed by atoms with Gasteiger partial charge in [0, 0.05) is 36.6 Å². The van der Waals surface area contributed by atoms with Crippen LogP contribution < -0.4 is 10.6 Å². The van der Waals surface area contributed by atoms with Crippen LogP contribution in [0.15, 0.2) is 48.8 Å². The van der Waals surface area contributed by atoms with Gasteiger partial charge >= 0.3 is 6.03 Å². The molecule has 0 fully saturated rings. The number of amides is 2. The lowest BCUT2D eigenvalue weighted by atomic mass is 10.1. The van der Waals surface area contributed by atoms with Gasteiger partial charge in [0.1, 0.15) is 5.65 Å². The van der Waals surface area contributed by atoms with E-state index < -0.39 is 0 Å². The molecule has 124 valence electrons. The number of rotatable bonds is 5. The molecule has 2 amide bonds. The number of carbonyl (C=O) groups excluding carboxylic acids is 1. The van der Waals surface area contributed by atoms with Crippen LogP contribution in [0.5, 0.6) is 0 Å². The van der Waals surface area contributed by atoms with Crippen molar-refractivity contribution < 1.29 is 4.79 Å². The van der Waals surface area contributed by atoms with Gasteiger partial charge in [0.25, 0.3) is 0 Å². The monoisotopic (exact) mass is 322 g/mol. The summed E-state index contributed by atoms with van der Waals surface area (Å²) >= 11 is 0. The van der Waals surface area contributed by atoms with Crippen molar-refractivity contribution >= 4 is 22.8 Å². The van der Waals surface area contributed by atoms with Crippen LogP contribution in [0.1, 0.15) is 17.5 Å². The Morgan fingerprint density at radius 3 is 2.88 bits per heavy atom. The Bertz CT molecular complexity index is 853. The van der Waals surface area contributed by atoms with Crippen LogP contribution in [0, 0.1) is 13.8 Å². The summed E-state index contributed by atoms with van der Waals surface area (Å²) in [5.41, 5.74) is 4.18. The molecule has 0 saturated carbocycles. The molecule has 0 unspecified atom stereocenters. The summed E-state index contributed by atoms with van der Waals surface area (Å²) in [6.07, 6.45) is 4.68. The highest BCUT2D eigenvalue weighted by molar-refractivity contribution is 5.89. The van der Waals surface area contributed by atoms with Crippen molar-refractivity contribution in [2.24, 2.45) is 0 Å². The molecule has 2 aromatic heterocycles. The fourth-order valence-electron chi connectivity index (χ4n) is 2.65. The first-order chi connectivity index (χ1) is 11.6. The Morgan fingerprint density at radius 1 is 1.17 bits per heavy atom. The van der Waals surface area contributed by atoms with Crippen molar-refractivity contribution in [3.8, 4) is 0 Å². The number of aromatic nitrogens is 2. The second-order valence-corrected chi connectivity index (χ2v) is 5.96. The zero-order valence-electron chi connectivity index (χ0n) is 14.0. The van der Waals surface area contributed by atoms with Gasteiger partial charge < -0.3 is 15.2 Å². The smallest absolute Gasteiger partial charge is 0.319 e. The van der Waals surface area contributed by atoms with Gasteiger partial charge in [0.15, 0.2) is 0 Å². The highest BCUT2D eigenvalue weighted by atomic mass is 16.2. The van der Waals surface area contributed by atoms with E-state index in [9.17, 15) is 4.79 Å². The summed E-state index contributed by atoms with van der Waals surface area (Å²) in [4.78, 5) is 16.3. The Kier molecular flexibility index (Phi) is 4.79. The summed E-state index contributed by atoms with van der Waals surface area (Å²) in [6.45, 7) is 5.53. The molecular formula is C19H22N4O. The molecule has 2 heterocycles. The van der Waals surface area contributed by atoms with Gasteiger partial charge in [0.05, 0.1) is 0 Å². The fourth-order valence-corrected chi connectivity index (χ4v) is 2.65. The molecule has 2 N–H and O–H groups in total. The minimum Gasteiger partial charge on any atom is -0.338 e. The van der Waals surface area contributed by atoms with Gasteiger partial charge in [-0.05, 0) is 61.7 Å². The molecule has 0 atom stereocenters. The molecule has 5 heteroatoms.